The zero-order valence-corrected chi connectivity index (χ0v) is 15.4. The second-order valence-electron chi connectivity index (χ2n) is 5.59. The Bertz CT molecular complexity index is 804. The predicted molar refractivity (Wildman–Crippen MR) is 92.6 cm³/mol. The summed E-state index contributed by atoms with van der Waals surface area (Å²) in [7, 11) is -3.87. The van der Waals surface area contributed by atoms with E-state index in [-0.39, 0.29) is 24.4 Å². The van der Waals surface area contributed by atoms with Crippen LogP contribution in [-0.2, 0) is 24.3 Å². The van der Waals surface area contributed by atoms with Crippen molar-refractivity contribution in [2.75, 3.05) is 19.7 Å². The second kappa shape index (κ2) is 8.98. The van der Waals surface area contributed by atoms with Crippen molar-refractivity contribution >= 4 is 33.5 Å². The smallest absolute Gasteiger partial charge is 0.324 e. The van der Waals surface area contributed by atoms with E-state index >= 15 is 0 Å². The van der Waals surface area contributed by atoms with Gasteiger partial charge in [0.2, 0.25) is 10.0 Å². The van der Waals surface area contributed by atoms with Crippen molar-refractivity contribution in [2.45, 2.75) is 30.2 Å². The van der Waals surface area contributed by atoms with Gasteiger partial charge in [0.05, 0.1) is 17.4 Å². The lowest BCUT2D eigenvalue weighted by molar-refractivity contribution is -0.151. The molecule has 1 aliphatic heterocycles. The molecular weight excluding hydrogens is 382 g/mol. The van der Waals surface area contributed by atoms with Gasteiger partial charge in [0, 0.05) is 18.1 Å². The Hall–Kier alpha value is -2.15. The van der Waals surface area contributed by atoms with Gasteiger partial charge in [0.25, 0.3) is 5.91 Å². The fourth-order valence-electron chi connectivity index (χ4n) is 2.55. The Labute approximate surface area is 156 Å². The summed E-state index contributed by atoms with van der Waals surface area (Å²) in [4.78, 5) is 23.8. The topological polar surface area (TPSA) is 117 Å². The first-order chi connectivity index (χ1) is 12.4. The molecular formula is C16H18ClN3O5S. The normalized spacial score (nSPS) is 17.5. The lowest BCUT2D eigenvalue weighted by Gasteiger charge is -2.22. The molecule has 140 valence electrons. The SMILES string of the molecule is N#CCCNC(=O)COC(=O)[C@@H]1CCCN1S(=O)(=O)c1ccc(Cl)cc1. The molecule has 1 aromatic carbocycles. The van der Waals surface area contributed by atoms with Crippen LogP contribution in [0.4, 0.5) is 0 Å². The van der Waals surface area contributed by atoms with Crippen LogP contribution < -0.4 is 5.32 Å². The van der Waals surface area contributed by atoms with Crippen LogP contribution in [0.5, 0.6) is 0 Å². The van der Waals surface area contributed by atoms with Crippen molar-refractivity contribution in [3.63, 3.8) is 0 Å². The highest BCUT2D eigenvalue weighted by Gasteiger charge is 2.40. The molecule has 0 aliphatic carbocycles. The Kier molecular flexibility index (Phi) is 6.97. The number of amides is 1. The average molecular weight is 400 g/mol. The highest BCUT2D eigenvalue weighted by Crippen LogP contribution is 2.27. The molecule has 0 spiro atoms. The minimum atomic E-state index is -3.87. The Balaban J connectivity index is 2.00. The summed E-state index contributed by atoms with van der Waals surface area (Å²) < 4.78 is 31.5. The van der Waals surface area contributed by atoms with Gasteiger partial charge in [-0.15, -0.1) is 0 Å². The quantitative estimate of drug-likeness (QED) is 0.541. The molecule has 0 saturated carbocycles. The standard InChI is InChI=1S/C16H18ClN3O5S/c17-12-4-6-13(7-5-12)26(23,24)20-10-1-3-14(20)16(22)25-11-15(21)19-9-2-8-18/h4-7,14H,1-3,9-11H2,(H,19,21)/t14-/m0/s1. The summed E-state index contributed by atoms with van der Waals surface area (Å²) in [6, 6.07) is 6.58. The first kappa shape index (κ1) is 20.2. The zero-order valence-electron chi connectivity index (χ0n) is 13.9. The molecule has 8 nitrogen and oxygen atoms in total. The van der Waals surface area contributed by atoms with Crippen LogP contribution in [0.25, 0.3) is 0 Å². The number of sulfonamides is 1. The van der Waals surface area contributed by atoms with Gasteiger partial charge < -0.3 is 10.1 Å². The summed E-state index contributed by atoms with van der Waals surface area (Å²) in [6.07, 6.45) is 0.984. The van der Waals surface area contributed by atoms with E-state index < -0.39 is 34.5 Å². The van der Waals surface area contributed by atoms with Gasteiger partial charge in [0.15, 0.2) is 6.61 Å². The van der Waals surface area contributed by atoms with E-state index in [0.717, 1.165) is 4.31 Å². The predicted octanol–water partition coefficient (Wildman–Crippen LogP) is 1.07. The third-order valence-electron chi connectivity index (χ3n) is 3.80. The largest absolute Gasteiger partial charge is 0.454 e. The zero-order chi connectivity index (χ0) is 19.2. The molecule has 0 unspecified atom stereocenters. The lowest BCUT2D eigenvalue weighted by atomic mass is 10.2. The number of hydrogen-bond donors (Lipinski definition) is 1. The summed E-state index contributed by atoms with van der Waals surface area (Å²) in [5.41, 5.74) is 0. The van der Waals surface area contributed by atoms with Gasteiger partial charge >= 0.3 is 5.97 Å². The highest BCUT2D eigenvalue weighted by molar-refractivity contribution is 7.89. The van der Waals surface area contributed by atoms with Crippen molar-refractivity contribution in [3.8, 4) is 6.07 Å². The number of carbonyl (C=O) groups is 2. The molecule has 0 bridgehead atoms. The Morgan fingerprint density at radius 3 is 2.69 bits per heavy atom. The summed E-state index contributed by atoms with van der Waals surface area (Å²) in [5.74, 6) is -1.31. The van der Waals surface area contributed by atoms with Crippen molar-refractivity contribution in [2.24, 2.45) is 0 Å². The minimum absolute atomic E-state index is 0.0378. The van der Waals surface area contributed by atoms with Crippen molar-refractivity contribution in [1.29, 1.82) is 5.26 Å². The van der Waals surface area contributed by atoms with E-state index in [2.05, 4.69) is 5.32 Å². The second-order valence-corrected chi connectivity index (χ2v) is 7.92. The first-order valence-electron chi connectivity index (χ1n) is 7.94. The maximum atomic E-state index is 12.7. The maximum absolute atomic E-state index is 12.7. The molecule has 0 radical (unpaired) electrons. The van der Waals surface area contributed by atoms with Gasteiger partial charge in [-0.2, -0.15) is 9.57 Å². The van der Waals surface area contributed by atoms with Gasteiger partial charge in [-0.05, 0) is 37.1 Å². The molecule has 1 amide bonds. The molecule has 1 N–H and O–H groups in total. The number of benzene rings is 1. The van der Waals surface area contributed by atoms with Crippen LogP contribution in [0.1, 0.15) is 19.3 Å². The van der Waals surface area contributed by atoms with Crippen LogP contribution in [0.3, 0.4) is 0 Å². The Morgan fingerprint density at radius 1 is 1.35 bits per heavy atom. The molecule has 1 heterocycles. The van der Waals surface area contributed by atoms with E-state index in [4.69, 9.17) is 21.6 Å². The fourth-order valence-corrected chi connectivity index (χ4v) is 4.32. The summed E-state index contributed by atoms with van der Waals surface area (Å²) in [6.45, 7) is -0.165. The van der Waals surface area contributed by atoms with E-state index in [1.165, 1.54) is 24.3 Å². The lowest BCUT2D eigenvalue weighted by Crippen LogP contribution is -2.42. The first-order valence-corrected chi connectivity index (χ1v) is 9.76. The van der Waals surface area contributed by atoms with Crippen molar-refractivity contribution in [3.05, 3.63) is 29.3 Å². The van der Waals surface area contributed by atoms with E-state index in [0.29, 0.717) is 17.9 Å². The van der Waals surface area contributed by atoms with Crippen molar-refractivity contribution in [1.82, 2.24) is 9.62 Å². The van der Waals surface area contributed by atoms with Crippen LogP contribution >= 0.6 is 11.6 Å². The number of halogens is 1. The van der Waals surface area contributed by atoms with Gasteiger partial charge in [0.1, 0.15) is 6.04 Å². The van der Waals surface area contributed by atoms with E-state index in [9.17, 15) is 18.0 Å². The van der Waals surface area contributed by atoms with Crippen LogP contribution in [0, 0.1) is 11.3 Å². The summed E-state index contributed by atoms with van der Waals surface area (Å²) in [5, 5.41) is 11.2. The number of rotatable bonds is 7. The number of hydrogen-bond acceptors (Lipinski definition) is 6. The third-order valence-corrected chi connectivity index (χ3v) is 5.97. The van der Waals surface area contributed by atoms with E-state index in [1.807, 2.05) is 6.07 Å². The molecule has 10 heteroatoms. The monoisotopic (exact) mass is 399 g/mol. The fraction of sp³-hybridized carbons (Fsp3) is 0.438. The summed E-state index contributed by atoms with van der Waals surface area (Å²) >= 11 is 5.78. The Morgan fingerprint density at radius 2 is 2.04 bits per heavy atom. The number of nitrogens with zero attached hydrogens (tertiary/aromatic N) is 2. The van der Waals surface area contributed by atoms with Crippen molar-refractivity contribution < 1.29 is 22.7 Å². The number of nitriles is 1. The van der Waals surface area contributed by atoms with Gasteiger partial charge in [-0.3, -0.25) is 9.59 Å². The maximum Gasteiger partial charge on any atom is 0.324 e. The molecule has 1 aromatic rings. The molecule has 1 aliphatic rings. The molecule has 26 heavy (non-hydrogen) atoms. The number of esters is 1. The van der Waals surface area contributed by atoms with Crippen LogP contribution in [-0.4, -0.2) is 50.3 Å². The van der Waals surface area contributed by atoms with Crippen LogP contribution in [0.15, 0.2) is 29.2 Å². The minimum Gasteiger partial charge on any atom is -0.454 e. The number of ether oxygens (including phenoxy) is 1. The molecule has 1 saturated heterocycles. The number of nitrogens with one attached hydrogen (secondary N) is 1. The molecule has 0 aromatic heterocycles. The van der Waals surface area contributed by atoms with E-state index in [1.54, 1.807) is 0 Å². The number of carbonyl (C=O) groups excluding carboxylic acids is 2. The van der Waals surface area contributed by atoms with Crippen LogP contribution in [0.2, 0.25) is 5.02 Å². The molecule has 1 atom stereocenters. The molecule has 2 rings (SSSR count). The van der Waals surface area contributed by atoms with Gasteiger partial charge in [-0.1, -0.05) is 11.6 Å². The average Bonchev–Trinajstić information content (AvgIpc) is 3.11. The molecule has 1 fully saturated rings. The van der Waals surface area contributed by atoms with Gasteiger partial charge in [-0.25, -0.2) is 8.42 Å². The highest BCUT2D eigenvalue weighted by atomic mass is 35.5. The third kappa shape index (κ3) is 4.94.